The van der Waals surface area contributed by atoms with Gasteiger partial charge in [0.15, 0.2) is 0 Å². The number of carbonyl (C=O) groups excluding carboxylic acids is 2. The maximum absolute atomic E-state index is 12.7. The maximum Gasteiger partial charge on any atom is 0.319 e. The standard InChI is InChI=1S/C18H28O4/c1-5-21-15(20)18(4)13-6-10-17(3)12(8-11-22-17)16(13,2)9-7-14(18)19/h12-13H,5-11H2,1-4H3/t12-,13-,16-,17-,18-/m1/s1. The Kier molecular flexibility index (Phi) is 3.67. The van der Waals surface area contributed by atoms with E-state index in [0.717, 1.165) is 32.3 Å². The third-order valence-electron chi connectivity index (χ3n) is 6.96. The minimum atomic E-state index is -0.979. The summed E-state index contributed by atoms with van der Waals surface area (Å²) in [5.74, 6) is 0.245. The van der Waals surface area contributed by atoms with Crippen LogP contribution in [0, 0.1) is 22.7 Å². The van der Waals surface area contributed by atoms with Crippen molar-refractivity contribution in [2.45, 2.75) is 65.4 Å². The molecule has 0 aromatic rings. The van der Waals surface area contributed by atoms with Gasteiger partial charge in [0.25, 0.3) is 0 Å². The van der Waals surface area contributed by atoms with E-state index in [2.05, 4.69) is 13.8 Å². The van der Waals surface area contributed by atoms with Crippen LogP contribution in [-0.2, 0) is 19.1 Å². The Morgan fingerprint density at radius 2 is 1.95 bits per heavy atom. The van der Waals surface area contributed by atoms with Crippen LogP contribution >= 0.6 is 0 Å². The van der Waals surface area contributed by atoms with Gasteiger partial charge >= 0.3 is 5.97 Å². The highest BCUT2D eigenvalue weighted by Gasteiger charge is 2.66. The molecule has 0 unspecified atom stereocenters. The van der Waals surface area contributed by atoms with Crippen molar-refractivity contribution in [1.29, 1.82) is 0 Å². The lowest BCUT2D eigenvalue weighted by Gasteiger charge is -2.59. The smallest absolute Gasteiger partial charge is 0.319 e. The highest BCUT2D eigenvalue weighted by Crippen LogP contribution is 2.64. The van der Waals surface area contributed by atoms with Crippen LogP contribution < -0.4 is 0 Å². The van der Waals surface area contributed by atoms with Gasteiger partial charge in [0.1, 0.15) is 11.2 Å². The van der Waals surface area contributed by atoms with Gasteiger partial charge in [0.2, 0.25) is 0 Å². The Labute approximate surface area is 132 Å². The molecule has 0 aromatic carbocycles. The molecule has 0 spiro atoms. The van der Waals surface area contributed by atoms with E-state index in [0.29, 0.717) is 18.9 Å². The third kappa shape index (κ3) is 1.92. The summed E-state index contributed by atoms with van der Waals surface area (Å²) in [6.45, 7) is 9.25. The Morgan fingerprint density at radius 3 is 2.64 bits per heavy atom. The number of hydrogen-bond acceptors (Lipinski definition) is 4. The minimum absolute atomic E-state index is 0.0150. The van der Waals surface area contributed by atoms with Crippen LogP contribution in [0.4, 0.5) is 0 Å². The number of carbonyl (C=O) groups is 2. The Morgan fingerprint density at radius 1 is 1.23 bits per heavy atom. The van der Waals surface area contributed by atoms with E-state index in [-0.39, 0.29) is 28.7 Å². The molecule has 3 fully saturated rings. The first-order valence-corrected chi connectivity index (χ1v) is 8.63. The lowest BCUT2D eigenvalue weighted by molar-refractivity contribution is -0.187. The monoisotopic (exact) mass is 308 g/mol. The summed E-state index contributed by atoms with van der Waals surface area (Å²) in [5, 5.41) is 0. The van der Waals surface area contributed by atoms with Gasteiger partial charge in [-0.3, -0.25) is 9.59 Å². The van der Waals surface area contributed by atoms with Crippen LogP contribution in [0.1, 0.15) is 59.8 Å². The van der Waals surface area contributed by atoms with Gasteiger partial charge in [0.05, 0.1) is 12.2 Å². The molecule has 4 heteroatoms. The maximum atomic E-state index is 12.7. The Bertz CT molecular complexity index is 501. The summed E-state index contributed by atoms with van der Waals surface area (Å²) in [5.41, 5.74) is -1.08. The molecule has 1 heterocycles. The average Bonchev–Trinajstić information content (AvgIpc) is 2.87. The molecule has 22 heavy (non-hydrogen) atoms. The number of ether oxygens (including phenoxy) is 2. The fourth-order valence-corrected chi connectivity index (χ4v) is 5.76. The molecule has 3 rings (SSSR count). The molecule has 124 valence electrons. The minimum Gasteiger partial charge on any atom is -0.465 e. The van der Waals surface area contributed by atoms with Crippen LogP contribution in [0.25, 0.3) is 0 Å². The van der Waals surface area contributed by atoms with Crippen LogP contribution in [0.3, 0.4) is 0 Å². The quantitative estimate of drug-likeness (QED) is 0.581. The van der Waals surface area contributed by atoms with Crippen LogP contribution in [0.2, 0.25) is 0 Å². The van der Waals surface area contributed by atoms with E-state index in [1.165, 1.54) is 0 Å². The van der Waals surface area contributed by atoms with Crippen molar-refractivity contribution in [2.75, 3.05) is 13.2 Å². The first kappa shape index (κ1) is 16.0. The molecule has 0 N–H and O–H groups in total. The first-order chi connectivity index (χ1) is 10.3. The molecule has 1 aliphatic heterocycles. The number of Topliss-reactive ketones (excluding diaryl/α,β-unsaturated/α-hetero) is 1. The van der Waals surface area contributed by atoms with Gasteiger partial charge in [-0.05, 0) is 63.7 Å². The van der Waals surface area contributed by atoms with Crippen molar-refractivity contribution >= 4 is 11.8 Å². The summed E-state index contributed by atoms with van der Waals surface area (Å²) in [4.78, 5) is 25.3. The zero-order valence-electron chi connectivity index (χ0n) is 14.2. The number of hydrogen-bond donors (Lipinski definition) is 0. The number of rotatable bonds is 2. The van der Waals surface area contributed by atoms with E-state index in [9.17, 15) is 9.59 Å². The number of esters is 1. The fraction of sp³-hybridized carbons (Fsp3) is 0.889. The van der Waals surface area contributed by atoms with Gasteiger partial charge in [-0.2, -0.15) is 0 Å². The number of fused-ring (bicyclic) bond motifs is 3. The molecule has 0 bridgehead atoms. The highest BCUT2D eigenvalue weighted by molar-refractivity contribution is 6.04. The van der Waals surface area contributed by atoms with Gasteiger partial charge in [-0.1, -0.05) is 6.92 Å². The predicted molar refractivity (Wildman–Crippen MR) is 82.3 cm³/mol. The summed E-state index contributed by atoms with van der Waals surface area (Å²) in [6.07, 6.45) is 4.19. The summed E-state index contributed by atoms with van der Waals surface area (Å²) in [7, 11) is 0. The first-order valence-electron chi connectivity index (χ1n) is 8.63. The molecule has 0 aromatic heterocycles. The Balaban J connectivity index is 2.01. The predicted octanol–water partition coefficient (Wildman–Crippen LogP) is 3.13. The van der Waals surface area contributed by atoms with Crippen molar-refractivity contribution in [2.24, 2.45) is 22.7 Å². The molecular formula is C18H28O4. The summed E-state index contributed by atoms with van der Waals surface area (Å²) < 4.78 is 11.4. The number of ketones is 1. The van der Waals surface area contributed by atoms with Crippen molar-refractivity contribution < 1.29 is 19.1 Å². The highest BCUT2D eigenvalue weighted by atomic mass is 16.5. The van der Waals surface area contributed by atoms with Crippen molar-refractivity contribution in [3.05, 3.63) is 0 Å². The van der Waals surface area contributed by atoms with E-state index >= 15 is 0 Å². The van der Waals surface area contributed by atoms with Gasteiger partial charge in [-0.15, -0.1) is 0 Å². The van der Waals surface area contributed by atoms with E-state index in [4.69, 9.17) is 9.47 Å². The molecule has 0 amide bonds. The molecule has 0 radical (unpaired) electrons. The second-order valence-corrected chi connectivity index (χ2v) is 7.95. The van der Waals surface area contributed by atoms with Gasteiger partial charge in [0, 0.05) is 13.0 Å². The molecule has 3 aliphatic rings. The molecule has 2 aliphatic carbocycles. The van der Waals surface area contributed by atoms with E-state index < -0.39 is 5.41 Å². The SMILES string of the molecule is CCOC(=O)[C@@]1(C)C(=O)CC[C@]2(C)[C@H]3CCO[C@]3(C)CC[C@@H]12. The molecule has 4 nitrogen and oxygen atoms in total. The second kappa shape index (κ2) is 5.05. The summed E-state index contributed by atoms with van der Waals surface area (Å²) >= 11 is 0. The fourth-order valence-electron chi connectivity index (χ4n) is 5.76. The zero-order valence-corrected chi connectivity index (χ0v) is 14.2. The average molecular weight is 308 g/mol. The van der Waals surface area contributed by atoms with E-state index in [1.54, 1.807) is 6.92 Å². The van der Waals surface area contributed by atoms with Gasteiger partial charge in [-0.25, -0.2) is 0 Å². The molecule has 2 saturated carbocycles. The topological polar surface area (TPSA) is 52.6 Å². The van der Waals surface area contributed by atoms with Crippen LogP contribution in [0.5, 0.6) is 0 Å². The summed E-state index contributed by atoms with van der Waals surface area (Å²) in [6, 6.07) is 0. The molecule has 5 atom stereocenters. The Hall–Kier alpha value is -0.900. The van der Waals surface area contributed by atoms with Crippen molar-refractivity contribution in [1.82, 2.24) is 0 Å². The van der Waals surface area contributed by atoms with Crippen molar-refractivity contribution in [3.8, 4) is 0 Å². The normalized spacial score (nSPS) is 47.7. The third-order valence-corrected chi connectivity index (χ3v) is 6.96. The zero-order chi connectivity index (χ0) is 16.2. The van der Waals surface area contributed by atoms with Gasteiger partial charge < -0.3 is 9.47 Å². The lowest BCUT2D eigenvalue weighted by atomic mass is 9.45. The molecule has 1 saturated heterocycles. The lowest BCUT2D eigenvalue weighted by Crippen LogP contribution is -2.61. The van der Waals surface area contributed by atoms with Crippen LogP contribution in [0.15, 0.2) is 0 Å². The van der Waals surface area contributed by atoms with Crippen molar-refractivity contribution in [3.63, 3.8) is 0 Å². The largest absolute Gasteiger partial charge is 0.465 e. The second-order valence-electron chi connectivity index (χ2n) is 7.95. The van der Waals surface area contributed by atoms with Crippen LogP contribution in [-0.4, -0.2) is 30.6 Å². The van der Waals surface area contributed by atoms with E-state index in [1.807, 2.05) is 6.92 Å². The molecular weight excluding hydrogens is 280 g/mol.